The van der Waals surface area contributed by atoms with E-state index in [2.05, 4.69) is 10.2 Å². The first kappa shape index (κ1) is 5.89. The highest BCUT2D eigenvalue weighted by Crippen LogP contribution is 2.35. The van der Waals surface area contributed by atoms with Crippen molar-refractivity contribution in [1.82, 2.24) is 10.2 Å². The van der Waals surface area contributed by atoms with E-state index >= 15 is 0 Å². The first-order valence-corrected chi connectivity index (χ1v) is 3.66. The molecule has 1 aliphatic rings. The molecule has 10 heavy (non-hydrogen) atoms. The molecule has 1 aromatic rings. The van der Waals surface area contributed by atoms with Crippen LogP contribution in [0, 0.1) is 6.92 Å². The van der Waals surface area contributed by atoms with Gasteiger partial charge in [-0.25, -0.2) is 0 Å². The van der Waals surface area contributed by atoms with Crippen molar-refractivity contribution >= 4 is 0 Å². The summed E-state index contributed by atoms with van der Waals surface area (Å²) in [4.78, 5) is 0. The molecule has 0 N–H and O–H groups in total. The SMILES string of the molecule is Cc1nnc(C2CCC2)o1. The third kappa shape index (κ3) is 0.818. The van der Waals surface area contributed by atoms with Crippen LogP contribution in [0.15, 0.2) is 4.42 Å². The van der Waals surface area contributed by atoms with Gasteiger partial charge in [-0.15, -0.1) is 10.2 Å². The van der Waals surface area contributed by atoms with E-state index in [1.807, 2.05) is 6.92 Å². The lowest BCUT2D eigenvalue weighted by Gasteiger charge is -2.20. The van der Waals surface area contributed by atoms with Gasteiger partial charge < -0.3 is 4.42 Å². The van der Waals surface area contributed by atoms with Gasteiger partial charge in [0.05, 0.1) is 0 Å². The molecule has 3 heteroatoms. The Kier molecular flexibility index (Phi) is 1.22. The van der Waals surface area contributed by atoms with Crippen molar-refractivity contribution in [3.05, 3.63) is 11.8 Å². The Morgan fingerprint density at radius 2 is 2.20 bits per heavy atom. The highest BCUT2D eigenvalue weighted by atomic mass is 16.4. The number of aromatic nitrogens is 2. The lowest BCUT2D eigenvalue weighted by Crippen LogP contribution is -2.08. The van der Waals surface area contributed by atoms with Crippen LogP contribution < -0.4 is 0 Å². The van der Waals surface area contributed by atoms with Gasteiger partial charge in [-0.2, -0.15) is 0 Å². The van der Waals surface area contributed by atoms with Gasteiger partial charge in [-0.05, 0) is 12.8 Å². The number of hydrogen-bond acceptors (Lipinski definition) is 3. The van der Waals surface area contributed by atoms with E-state index in [1.165, 1.54) is 19.3 Å². The van der Waals surface area contributed by atoms with Crippen LogP contribution in [0.1, 0.15) is 37.0 Å². The number of hydrogen-bond donors (Lipinski definition) is 0. The molecule has 1 aliphatic carbocycles. The first-order chi connectivity index (χ1) is 4.86. The van der Waals surface area contributed by atoms with E-state index in [9.17, 15) is 0 Å². The normalized spacial score (nSPS) is 18.9. The second-order valence-electron chi connectivity index (χ2n) is 2.79. The molecule has 1 heterocycles. The molecule has 0 aliphatic heterocycles. The van der Waals surface area contributed by atoms with Crippen LogP contribution in [0.25, 0.3) is 0 Å². The minimum absolute atomic E-state index is 0.571. The summed E-state index contributed by atoms with van der Waals surface area (Å²) >= 11 is 0. The van der Waals surface area contributed by atoms with E-state index < -0.39 is 0 Å². The topological polar surface area (TPSA) is 38.9 Å². The fourth-order valence-electron chi connectivity index (χ4n) is 1.13. The highest BCUT2D eigenvalue weighted by Gasteiger charge is 2.24. The van der Waals surface area contributed by atoms with Gasteiger partial charge in [-0.3, -0.25) is 0 Å². The second kappa shape index (κ2) is 2.08. The molecule has 0 aromatic carbocycles. The van der Waals surface area contributed by atoms with Gasteiger partial charge in [0, 0.05) is 12.8 Å². The lowest BCUT2D eigenvalue weighted by atomic mass is 9.85. The molecular weight excluding hydrogens is 128 g/mol. The van der Waals surface area contributed by atoms with Crippen molar-refractivity contribution < 1.29 is 4.42 Å². The molecule has 0 radical (unpaired) electrons. The number of rotatable bonds is 1. The number of nitrogens with zero attached hydrogens (tertiary/aromatic N) is 2. The summed E-state index contributed by atoms with van der Waals surface area (Å²) in [5, 5.41) is 7.72. The highest BCUT2D eigenvalue weighted by molar-refractivity contribution is 4.95. The van der Waals surface area contributed by atoms with Crippen LogP contribution in [-0.2, 0) is 0 Å². The van der Waals surface area contributed by atoms with E-state index in [1.54, 1.807) is 0 Å². The van der Waals surface area contributed by atoms with E-state index in [-0.39, 0.29) is 0 Å². The number of aryl methyl sites for hydroxylation is 1. The molecule has 1 saturated carbocycles. The van der Waals surface area contributed by atoms with Crippen molar-refractivity contribution in [2.45, 2.75) is 32.1 Å². The summed E-state index contributed by atoms with van der Waals surface area (Å²) in [7, 11) is 0. The van der Waals surface area contributed by atoms with Crippen LogP contribution in [0.5, 0.6) is 0 Å². The van der Waals surface area contributed by atoms with Crippen molar-refractivity contribution in [1.29, 1.82) is 0 Å². The Bertz CT molecular complexity index is 227. The van der Waals surface area contributed by atoms with Crippen LogP contribution in [-0.4, -0.2) is 10.2 Å². The fraction of sp³-hybridized carbons (Fsp3) is 0.714. The Labute approximate surface area is 59.5 Å². The molecular formula is C7H10N2O. The van der Waals surface area contributed by atoms with Crippen molar-refractivity contribution in [2.24, 2.45) is 0 Å². The molecule has 0 bridgehead atoms. The maximum atomic E-state index is 5.27. The summed E-state index contributed by atoms with van der Waals surface area (Å²) in [5.41, 5.74) is 0. The Hall–Kier alpha value is -0.860. The van der Waals surface area contributed by atoms with Crippen LogP contribution in [0.4, 0.5) is 0 Å². The van der Waals surface area contributed by atoms with E-state index in [0.717, 1.165) is 5.89 Å². The molecule has 0 amide bonds. The van der Waals surface area contributed by atoms with E-state index in [0.29, 0.717) is 11.8 Å². The maximum Gasteiger partial charge on any atom is 0.219 e. The van der Waals surface area contributed by atoms with Gasteiger partial charge in [-0.1, -0.05) is 6.42 Å². The fourth-order valence-corrected chi connectivity index (χ4v) is 1.13. The zero-order valence-electron chi connectivity index (χ0n) is 6.00. The quantitative estimate of drug-likeness (QED) is 0.592. The molecule has 0 atom stereocenters. The average molecular weight is 138 g/mol. The summed E-state index contributed by atoms with van der Waals surface area (Å²) in [5.74, 6) is 2.09. The molecule has 0 saturated heterocycles. The molecule has 1 fully saturated rings. The Morgan fingerprint density at radius 1 is 1.40 bits per heavy atom. The zero-order chi connectivity index (χ0) is 6.97. The van der Waals surface area contributed by atoms with Crippen molar-refractivity contribution in [3.63, 3.8) is 0 Å². The van der Waals surface area contributed by atoms with Crippen LogP contribution >= 0.6 is 0 Å². The van der Waals surface area contributed by atoms with Crippen molar-refractivity contribution in [3.8, 4) is 0 Å². The lowest BCUT2D eigenvalue weighted by molar-refractivity contribution is 0.329. The molecule has 54 valence electrons. The predicted molar refractivity (Wildman–Crippen MR) is 35.6 cm³/mol. The first-order valence-electron chi connectivity index (χ1n) is 3.66. The maximum absolute atomic E-state index is 5.27. The molecule has 0 unspecified atom stereocenters. The minimum atomic E-state index is 0.571. The van der Waals surface area contributed by atoms with Gasteiger partial charge >= 0.3 is 0 Å². The third-order valence-corrected chi connectivity index (χ3v) is 2.00. The van der Waals surface area contributed by atoms with Crippen LogP contribution in [0.2, 0.25) is 0 Å². The summed E-state index contributed by atoms with van der Waals surface area (Å²) < 4.78 is 5.27. The Balaban J connectivity index is 2.17. The smallest absolute Gasteiger partial charge is 0.219 e. The van der Waals surface area contributed by atoms with Crippen LogP contribution in [0.3, 0.4) is 0 Å². The van der Waals surface area contributed by atoms with E-state index in [4.69, 9.17) is 4.42 Å². The minimum Gasteiger partial charge on any atom is -0.425 e. The zero-order valence-corrected chi connectivity index (χ0v) is 6.00. The second-order valence-corrected chi connectivity index (χ2v) is 2.79. The summed E-state index contributed by atoms with van der Waals surface area (Å²) in [6.07, 6.45) is 3.76. The van der Waals surface area contributed by atoms with Gasteiger partial charge in [0.25, 0.3) is 0 Å². The Morgan fingerprint density at radius 3 is 2.60 bits per heavy atom. The van der Waals surface area contributed by atoms with Gasteiger partial charge in [0.2, 0.25) is 11.8 Å². The largest absolute Gasteiger partial charge is 0.425 e. The average Bonchev–Trinajstić information content (AvgIpc) is 2.10. The summed E-state index contributed by atoms with van der Waals surface area (Å²) in [6, 6.07) is 0. The van der Waals surface area contributed by atoms with Crippen molar-refractivity contribution in [2.75, 3.05) is 0 Å². The predicted octanol–water partition coefficient (Wildman–Crippen LogP) is 1.65. The molecule has 3 nitrogen and oxygen atoms in total. The summed E-state index contributed by atoms with van der Waals surface area (Å²) in [6.45, 7) is 1.83. The molecule has 2 rings (SSSR count). The monoisotopic (exact) mass is 138 g/mol. The standard InChI is InChI=1S/C7H10N2O/c1-5-8-9-7(10-5)6-3-2-4-6/h6H,2-4H2,1H3. The van der Waals surface area contributed by atoms with Gasteiger partial charge in [0.15, 0.2) is 0 Å². The molecule has 1 aromatic heterocycles. The third-order valence-electron chi connectivity index (χ3n) is 2.00. The molecule has 0 spiro atoms. The van der Waals surface area contributed by atoms with Gasteiger partial charge in [0.1, 0.15) is 0 Å².